The number of thiazole rings is 1. The van der Waals surface area contributed by atoms with E-state index in [2.05, 4.69) is 92.4 Å². The Labute approximate surface area is 314 Å². The zero-order valence-corrected chi connectivity index (χ0v) is 32.0. The zero-order chi connectivity index (χ0) is 37.5. The van der Waals surface area contributed by atoms with Gasteiger partial charge in [0, 0.05) is 16.8 Å². The minimum Gasteiger partial charge on any atom is -0.340 e. The van der Waals surface area contributed by atoms with E-state index in [0.29, 0.717) is 56.8 Å². The van der Waals surface area contributed by atoms with Crippen LogP contribution >= 0.6 is 11.3 Å². The SMILES string of the molecule is CCc1ccc(Nc2cc(C)c(N=Nc3nc(C)c(N=Nc4c(C#N)c(C(C)(C)C)nn4Cc4ccccc4)s3)c(Nc3ccc(CC)cc3)n2)cc1. The van der Waals surface area contributed by atoms with E-state index in [1.54, 1.807) is 4.68 Å². The molecule has 0 aliphatic rings. The van der Waals surface area contributed by atoms with Crippen molar-refractivity contribution in [3.05, 3.63) is 124 Å². The number of aromatic nitrogens is 4. The summed E-state index contributed by atoms with van der Waals surface area (Å²) in [7, 11) is 0. The first-order valence-corrected chi connectivity index (χ1v) is 18.5. The van der Waals surface area contributed by atoms with Crippen LogP contribution < -0.4 is 10.6 Å². The van der Waals surface area contributed by atoms with Crippen molar-refractivity contribution in [2.24, 2.45) is 20.5 Å². The van der Waals surface area contributed by atoms with Gasteiger partial charge in [-0.25, -0.2) is 14.6 Å². The quantitative estimate of drug-likeness (QED) is 0.120. The van der Waals surface area contributed by atoms with Gasteiger partial charge in [-0.2, -0.15) is 10.4 Å². The maximum absolute atomic E-state index is 10.2. The van der Waals surface area contributed by atoms with Gasteiger partial charge in [-0.15, -0.1) is 20.5 Å². The Balaban J connectivity index is 1.31. The largest absolute Gasteiger partial charge is 0.340 e. The molecule has 6 rings (SSSR count). The molecule has 0 amide bonds. The minimum atomic E-state index is -0.362. The number of rotatable bonds is 12. The van der Waals surface area contributed by atoms with Gasteiger partial charge >= 0.3 is 0 Å². The van der Waals surface area contributed by atoms with Crippen LogP contribution in [0, 0.1) is 25.2 Å². The summed E-state index contributed by atoms with van der Waals surface area (Å²) < 4.78 is 1.74. The van der Waals surface area contributed by atoms with Crippen LogP contribution in [-0.4, -0.2) is 19.7 Å². The third-order valence-electron chi connectivity index (χ3n) is 8.60. The Kier molecular flexibility index (Phi) is 11.1. The summed E-state index contributed by atoms with van der Waals surface area (Å²) in [6.45, 7) is 14.7. The molecule has 12 heteroatoms. The lowest BCUT2D eigenvalue weighted by molar-refractivity contribution is 0.544. The van der Waals surface area contributed by atoms with E-state index in [9.17, 15) is 5.26 Å². The molecule has 0 saturated carbocycles. The van der Waals surface area contributed by atoms with Gasteiger partial charge in [0.2, 0.25) is 5.13 Å². The first kappa shape index (κ1) is 36.7. The predicted octanol–water partition coefficient (Wildman–Crippen LogP) is 12.0. The van der Waals surface area contributed by atoms with Crippen molar-refractivity contribution in [2.45, 2.75) is 73.3 Å². The third-order valence-corrected chi connectivity index (χ3v) is 9.52. The van der Waals surface area contributed by atoms with E-state index < -0.39 is 0 Å². The molecular weight excluding hydrogens is 679 g/mol. The number of aryl methyl sites for hydroxylation is 4. The fraction of sp³-hybridized carbons (Fsp3) is 0.268. The molecule has 0 saturated heterocycles. The van der Waals surface area contributed by atoms with Gasteiger partial charge in [0.1, 0.15) is 23.1 Å². The highest BCUT2D eigenvalue weighted by Gasteiger charge is 2.27. The van der Waals surface area contributed by atoms with Gasteiger partial charge < -0.3 is 10.6 Å². The minimum absolute atomic E-state index is 0.362. The Morgan fingerprint density at radius 2 is 1.42 bits per heavy atom. The molecule has 0 fully saturated rings. The van der Waals surface area contributed by atoms with Crippen LogP contribution in [0.4, 0.5) is 44.6 Å². The predicted molar refractivity (Wildman–Crippen MR) is 214 cm³/mol. The summed E-state index contributed by atoms with van der Waals surface area (Å²) >= 11 is 1.26. The van der Waals surface area contributed by atoms with Gasteiger partial charge in [-0.1, -0.05) is 101 Å². The number of nitrogens with zero attached hydrogens (tertiary/aromatic N) is 9. The first-order chi connectivity index (χ1) is 25.5. The number of benzene rings is 3. The van der Waals surface area contributed by atoms with Crippen LogP contribution in [-0.2, 0) is 24.8 Å². The third kappa shape index (κ3) is 8.88. The summed E-state index contributed by atoms with van der Waals surface area (Å²) in [6, 6.07) is 30.9. The van der Waals surface area contributed by atoms with Crippen LogP contribution in [0.15, 0.2) is 105 Å². The summed E-state index contributed by atoms with van der Waals surface area (Å²) in [5, 5.41) is 41.2. The molecule has 3 aromatic carbocycles. The van der Waals surface area contributed by atoms with Crippen molar-refractivity contribution >= 4 is 56.0 Å². The van der Waals surface area contributed by atoms with Crippen LogP contribution in [0.25, 0.3) is 0 Å². The van der Waals surface area contributed by atoms with E-state index >= 15 is 0 Å². The fourth-order valence-corrected chi connectivity index (χ4v) is 6.33. The molecular formula is C41H43N11S. The fourth-order valence-electron chi connectivity index (χ4n) is 5.62. The second-order valence-corrected chi connectivity index (χ2v) is 14.7. The molecule has 11 nitrogen and oxygen atoms in total. The molecule has 6 aromatic rings. The van der Waals surface area contributed by atoms with Crippen molar-refractivity contribution in [1.29, 1.82) is 5.26 Å². The molecule has 0 aliphatic heterocycles. The molecule has 3 aromatic heterocycles. The molecule has 0 aliphatic carbocycles. The number of hydrogen-bond donors (Lipinski definition) is 2. The van der Waals surface area contributed by atoms with Gasteiger partial charge in [0.05, 0.1) is 17.9 Å². The summed E-state index contributed by atoms with van der Waals surface area (Å²) in [5.74, 6) is 1.64. The van der Waals surface area contributed by atoms with E-state index in [4.69, 9.17) is 10.1 Å². The van der Waals surface area contributed by atoms with Gasteiger partial charge in [-0.3, -0.25) is 0 Å². The average Bonchev–Trinajstić information content (AvgIpc) is 3.69. The van der Waals surface area contributed by atoms with Crippen molar-refractivity contribution < 1.29 is 0 Å². The van der Waals surface area contributed by atoms with Crippen molar-refractivity contribution in [2.75, 3.05) is 10.6 Å². The van der Waals surface area contributed by atoms with Crippen molar-refractivity contribution in [1.82, 2.24) is 19.7 Å². The lowest BCUT2D eigenvalue weighted by Crippen LogP contribution is -2.14. The first-order valence-electron chi connectivity index (χ1n) is 17.6. The molecule has 3 heterocycles. The highest BCUT2D eigenvalue weighted by molar-refractivity contribution is 7.19. The van der Waals surface area contributed by atoms with Gasteiger partial charge in [0.15, 0.2) is 16.6 Å². The summed E-state index contributed by atoms with van der Waals surface area (Å²) in [5.41, 5.74) is 8.22. The van der Waals surface area contributed by atoms with Gasteiger partial charge in [-0.05, 0) is 79.3 Å². The topological polar surface area (TPSA) is 141 Å². The highest BCUT2D eigenvalue weighted by atomic mass is 32.1. The van der Waals surface area contributed by atoms with E-state index in [1.165, 1.54) is 22.5 Å². The summed E-state index contributed by atoms with van der Waals surface area (Å²) in [6.07, 6.45) is 1.93. The lowest BCUT2D eigenvalue weighted by Gasteiger charge is -2.15. The average molecular weight is 722 g/mol. The molecule has 53 heavy (non-hydrogen) atoms. The molecule has 0 atom stereocenters. The zero-order valence-electron chi connectivity index (χ0n) is 31.1. The highest BCUT2D eigenvalue weighted by Crippen LogP contribution is 2.39. The van der Waals surface area contributed by atoms with Crippen LogP contribution in [0.3, 0.4) is 0 Å². The normalized spacial score (nSPS) is 11.7. The number of nitriles is 1. The van der Waals surface area contributed by atoms with E-state index in [1.807, 2.05) is 83.1 Å². The van der Waals surface area contributed by atoms with Gasteiger partial charge in [0.25, 0.3) is 0 Å². The number of anilines is 4. The van der Waals surface area contributed by atoms with Crippen LogP contribution in [0.2, 0.25) is 0 Å². The molecule has 2 N–H and O–H groups in total. The smallest absolute Gasteiger partial charge is 0.232 e. The number of nitrogens with one attached hydrogen (secondary N) is 2. The molecule has 0 bridgehead atoms. The Bertz CT molecular complexity index is 2290. The maximum atomic E-state index is 10.2. The molecule has 0 radical (unpaired) electrons. The Morgan fingerprint density at radius 3 is 2.02 bits per heavy atom. The molecule has 268 valence electrons. The molecule has 0 spiro atoms. The second-order valence-electron chi connectivity index (χ2n) is 13.7. The lowest BCUT2D eigenvalue weighted by atomic mass is 9.90. The standard InChI is InChI=1S/C41H43N11S/c1-8-28-15-19-31(20-16-28)44-34-23-26(3)35(37(46-34)45-32-21-17-29(9-2)18-22-32)47-50-40-43-27(4)39(53-40)49-48-38-33(24-42)36(41(5,6)7)51-52(38)25-30-13-11-10-12-14-30/h10-23H,8-9,25H2,1-7H3,(H2,44,45,46). The van der Waals surface area contributed by atoms with Crippen LogP contribution in [0.5, 0.6) is 0 Å². The Hall–Kier alpha value is -6.06. The maximum Gasteiger partial charge on any atom is 0.232 e. The van der Waals surface area contributed by atoms with Crippen molar-refractivity contribution in [3.63, 3.8) is 0 Å². The number of hydrogen-bond acceptors (Lipinski definition) is 11. The van der Waals surface area contributed by atoms with E-state index in [-0.39, 0.29) is 5.41 Å². The monoisotopic (exact) mass is 721 g/mol. The molecule has 0 unspecified atom stereocenters. The Morgan fingerprint density at radius 1 is 0.774 bits per heavy atom. The van der Waals surface area contributed by atoms with E-state index in [0.717, 1.165) is 35.3 Å². The van der Waals surface area contributed by atoms with Crippen LogP contribution in [0.1, 0.15) is 73.8 Å². The number of pyridine rings is 1. The summed E-state index contributed by atoms with van der Waals surface area (Å²) in [4.78, 5) is 9.55. The van der Waals surface area contributed by atoms with Crippen molar-refractivity contribution in [3.8, 4) is 6.07 Å². The number of azo groups is 2. The second kappa shape index (κ2) is 16.1.